The monoisotopic (exact) mass is 384 g/mol. The Morgan fingerprint density at radius 3 is 2.33 bits per heavy atom. The van der Waals surface area contributed by atoms with Crippen LogP contribution in [0.1, 0.15) is 64.2 Å². The lowest BCUT2D eigenvalue weighted by atomic mass is 9.85. The fourth-order valence-corrected chi connectivity index (χ4v) is 4.14. The van der Waals surface area contributed by atoms with Gasteiger partial charge in [0, 0.05) is 12.8 Å². The number of aliphatic hydroxyl groups excluding tert-OH is 1. The number of esters is 1. The first-order valence-electron chi connectivity index (χ1n) is 10.4. The molecule has 0 radical (unpaired) electrons. The summed E-state index contributed by atoms with van der Waals surface area (Å²) in [6.45, 7) is 1.19. The summed E-state index contributed by atoms with van der Waals surface area (Å²) in [5, 5.41) is 9.98. The molecule has 0 aliphatic carbocycles. The molecule has 3 aliphatic rings. The quantitative estimate of drug-likeness (QED) is 0.640. The lowest BCUT2D eigenvalue weighted by Crippen LogP contribution is -2.51. The predicted octanol–water partition coefficient (Wildman–Crippen LogP) is 2.13. The molecule has 3 aliphatic heterocycles. The Bertz CT molecular complexity index is 501. The fourth-order valence-electron chi connectivity index (χ4n) is 4.14. The third kappa shape index (κ3) is 5.73. The molecule has 3 rings (SSSR count). The van der Waals surface area contributed by atoms with E-state index in [0.717, 1.165) is 44.9 Å². The smallest absolute Gasteiger partial charge is 0.335 e. The topological polar surface area (TPSA) is 91.3 Å². The van der Waals surface area contributed by atoms with Gasteiger partial charge in [-0.15, -0.1) is 0 Å². The number of ether oxygens (including phenoxy) is 4. The average Bonchev–Trinajstić information content (AvgIpc) is 3.12. The molecule has 154 valence electrons. The van der Waals surface area contributed by atoms with E-state index in [9.17, 15) is 14.7 Å². The summed E-state index contributed by atoms with van der Waals surface area (Å²) in [6, 6.07) is 0. The number of carbonyl (C=O) groups is 2. The second-order valence-corrected chi connectivity index (χ2v) is 7.89. The molecule has 7 nitrogen and oxygen atoms in total. The van der Waals surface area contributed by atoms with E-state index in [1.165, 1.54) is 0 Å². The molecule has 0 aromatic carbocycles. The molecule has 3 heterocycles. The van der Waals surface area contributed by atoms with Crippen LogP contribution in [0, 0.1) is 5.92 Å². The van der Waals surface area contributed by atoms with Gasteiger partial charge in [-0.05, 0) is 12.8 Å². The van der Waals surface area contributed by atoms with E-state index in [-0.39, 0.29) is 19.0 Å². The zero-order valence-corrected chi connectivity index (χ0v) is 16.0. The van der Waals surface area contributed by atoms with Crippen LogP contribution in [-0.2, 0) is 28.5 Å². The van der Waals surface area contributed by atoms with Gasteiger partial charge >= 0.3 is 5.97 Å². The molecule has 27 heavy (non-hydrogen) atoms. The fraction of sp³-hybridized carbons (Fsp3) is 0.900. The van der Waals surface area contributed by atoms with Crippen molar-refractivity contribution in [2.24, 2.45) is 5.92 Å². The van der Waals surface area contributed by atoms with Gasteiger partial charge in [0.2, 0.25) is 0 Å². The third-order valence-electron chi connectivity index (χ3n) is 5.79. The highest BCUT2D eigenvalue weighted by Gasteiger charge is 2.48. The van der Waals surface area contributed by atoms with E-state index < -0.39 is 29.9 Å². The van der Waals surface area contributed by atoms with Gasteiger partial charge in [0.15, 0.2) is 11.9 Å². The molecule has 1 spiro atoms. The summed E-state index contributed by atoms with van der Waals surface area (Å²) in [4.78, 5) is 24.9. The molecule has 0 saturated carbocycles. The summed E-state index contributed by atoms with van der Waals surface area (Å²) >= 11 is 0. The van der Waals surface area contributed by atoms with Crippen LogP contribution in [0.2, 0.25) is 0 Å². The Morgan fingerprint density at radius 2 is 1.59 bits per heavy atom. The van der Waals surface area contributed by atoms with Gasteiger partial charge in [0.05, 0.1) is 19.1 Å². The molecule has 1 N–H and O–H groups in total. The van der Waals surface area contributed by atoms with Gasteiger partial charge in [0.1, 0.15) is 25.1 Å². The number of Topliss-reactive ketones (excluding diaryl/α,β-unsaturated/α-hetero) is 1. The van der Waals surface area contributed by atoms with Gasteiger partial charge in [-0.3, -0.25) is 4.79 Å². The Morgan fingerprint density at radius 1 is 0.926 bits per heavy atom. The maximum absolute atomic E-state index is 12.8. The Kier molecular flexibility index (Phi) is 7.64. The molecule has 0 aromatic heterocycles. The van der Waals surface area contributed by atoms with Crippen LogP contribution >= 0.6 is 0 Å². The van der Waals surface area contributed by atoms with Crippen molar-refractivity contribution in [1.29, 1.82) is 0 Å². The molecule has 3 fully saturated rings. The largest absolute Gasteiger partial charge is 0.461 e. The van der Waals surface area contributed by atoms with Crippen LogP contribution in [0.25, 0.3) is 0 Å². The van der Waals surface area contributed by atoms with Crippen LogP contribution in [0.5, 0.6) is 0 Å². The van der Waals surface area contributed by atoms with Crippen molar-refractivity contribution in [3.05, 3.63) is 0 Å². The van der Waals surface area contributed by atoms with E-state index in [4.69, 9.17) is 18.9 Å². The van der Waals surface area contributed by atoms with Gasteiger partial charge in [0.25, 0.3) is 0 Å². The van der Waals surface area contributed by atoms with Crippen LogP contribution < -0.4 is 0 Å². The van der Waals surface area contributed by atoms with Crippen LogP contribution in [0.15, 0.2) is 0 Å². The Hall–Kier alpha value is -1.02. The minimum Gasteiger partial charge on any atom is -0.461 e. The molecule has 0 aromatic rings. The van der Waals surface area contributed by atoms with Crippen molar-refractivity contribution in [2.75, 3.05) is 26.4 Å². The SMILES string of the molecule is O=C1OC[C@H]2OCC3(C[C@@H]2C(=O)CCCCCCCCC[C@H]1O)OCCO3. The number of carbonyl (C=O) groups excluding carboxylic acids is 2. The predicted molar refractivity (Wildman–Crippen MR) is 96.0 cm³/mol. The molecular formula is C20H32O7. The van der Waals surface area contributed by atoms with Crippen LogP contribution in [0.4, 0.5) is 0 Å². The summed E-state index contributed by atoms with van der Waals surface area (Å²) in [5.74, 6) is -1.79. The summed E-state index contributed by atoms with van der Waals surface area (Å²) < 4.78 is 22.5. The number of fused-ring (bicyclic) bond motifs is 1. The minimum atomic E-state index is -1.11. The molecule has 7 heteroatoms. The van der Waals surface area contributed by atoms with Crippen LogP contribution in [-0.4, -0.2) is 61.3 Å². The second-order valence-electron chi connectivity index (χ2n) is 7.89. The number of hydrogen-bond donors (Lipinski definition) is 1. The molecular weight excluding hydrogens is 352 g/mol. The van der Waals surface area contributed by atoms with Gasteiger partial charge < -0.3 is 24.1 Å². The number of aliphatic hydroxyl groups is 1. The lowest BCUT2D eigenvalue weighted by Gasteiger charge is -2.40. The maximum atomic E-state index is 12.8. The second kappa shape index (κ2) is 9.96. The van der Waals surface area contributed by atoms with E-state index in [1.54, 1.807) is 0 Å². The summed E-state index contributed by atoms with van der Waals surface area (Å²) in [5.41, 5.74) is 0. The van der Waals surface area contributed by atoms with E-state index in [0.29, 0.717) is 32.5 Å². The normalized spacial score (nSPS) is 34.2. The Balaban J connectivity index is 1.65. The van der Waals surface area contributed by atoms with E-state index in [2.05, 4.69) is 0 Å². The number of hydrogen-bond acceptors (Lipinski definition) is 7. The average molecular weight is 384 g/mol. The first-order valence-corrected chi connectivity index (χ1v) is 10.4. The zero-order valence-electron chi connectivity index (χ0n) is 16.0. The van der Waals surface area contributed by atoms with E-state index >= 15 is 0 Å². The van der Waals surface area contributed by atoms with Gasteiger partial charge in [-0.1, -0.05) is 38.5 Å². The highest BCUT2D eigenvalue weighted by Crippen LogP contribution is 2.36. The van der Waals surface area contributed by atoms with Crippen molar-refractivity contribution in [3.63, 3.8) is 0 Å². The third-order valence-corrected chi connectivity index (χ3v) is 5.79. The van der Waals surface area contributed by atoms with Crippen molar-refractivity contribution in [3.8, 4) is 0 Å². The molecule has 3 saturated heterocycles. The van der Waals surface area contributed by atoms with Crippen molar-refractivity contribution in [2.45, 2.75) is 82.2 Å². The molecule has 3 atom stereocenters. The molecule has 0 amide bonds. The standard InChI is InChI=1S/C20H32O7/c21-16-8-6-4-2-1-3-5-7-9-17(22)19(23)24-13-18-15(16)12-20(14-25-18)26-10-11-27-20/h15,17-18,22H,1-14H2/t15-,17-,18-/m1/s1. The van der Waals surface area contributed by atoms with Crippen LogP contribution in [0.3, 0.4) is 0 Å². The van der Waals surface area contributed by atoms with Crippen molar-refractivity contribution < 1.29 is 33.6 Å². The minimum absolute atomic E-state index is 0.0254. The summed E-state index contributed by atoms with van der Waals surface area (Å²) in [7, 11) is 0. The first kappa shape index (κ1) is 20.7. The first-order chi connectivity index (χ1) is 13.1. The maximum Gasteiger partial charge on any atom is 0.335 e. The van der Waals surface area contributed by atoms with Gasteiger partial charge in [-0.25, -0.2) is 4.79 Å². The number of rotatable bonds is 0. The van der Waals surface area contributed by atoms with Crippen molar-refractivity contribution in [1.82, 2.24) is 0 Å². The number of ketones is 1. The summed E-state index contributed by atoms with van der Waals surface area (Å²) in [6.07, 6.45) is 6.76. The highest BCUT2D eigenvalue weighted by molar-refractivity contribution is 5.82. The van der Waals surface area contributed by atoms with E-state index in [1.807, 2.05) is 0 Å². The van der Waals surface area contributed by atoms with Crippen molar-refractivity contribution >= 4 is 11.8 Å². The van der Waals surface area contributed by atoms with Gasteiger partial charge in [-0.2, -0.15) is 0 Å². The highest BCUT2D eigenvalue weighted by atomic mass is 16.8. The molecule has 0 unspecified atom stereocenters. The zero-order chi connectivity index (χ0) is 19.1. The number of cyclic esters (lactones) is 1. The lowest BCUT2D eigenvalue weighted by molar-refractivity contribution is -0.252. The molecule has 0 bridgehead atoms. The Labute approximate surface area is 160 Å².